The van der Waals surface area contributed by atoms with Crippen LogP contribution in [0.5, 0.6) is 0 Å². The number of nitrogens with one attached hydrogen (secondary N) is 2. The van der Waals surface area contributed by atoms with Crippen molar-refractivity contribution < 1.29 is 0 Å². The second-order valence-corrected chi connectivity index (χ2v) is 4.28. The minimum atomic E-state index is 0.631. The van der Waals surface area contributed by atoms with E-state index in [-0.39, 0.29) is 0 Å². The molecule has 1 aliphatic rings. The van der Waals surface area contributed by atoms with Gasteiger partial charge in [-0.1, -0.05) is 6.08 Å². The van der Waals surface area contributed by atoms with E-state index in [4.69, 9.17) is 0 Å². The zero-order valence-corrected chi connectivity index (χ0v) is 9.65. The maximum absolute atomic E-state index is 4.20. The van der Waals surface area contributed by atoms with E-state index in [0.717, 1.165) is 18.9 Å². The van der Waals surface area contributed by atoms with E-state index in [2.05, 4.69) is 26.8 Å². The number of imidazole rings is 1. The van der Waals surface area contributed by atoms with Gasteiger partial charge in [0.15, 0.2) is 0 Å². The molecule has 4 nitrogen and oxygen atoms in total. The lowest BCUT2D eigenvalue weighted by Crippen LogP contribution is -2.42. The highest BCUT2D eigenvalue weighted by Gasteiger charge is 2.17. The fourth-order valence-corrected chi connectivity index (χ4v) is 2.14. The molecule has 16 heavy (non-hydrogen) atoms. The molecule has 1 saturated heterocycles. The number of likely N-dealkylation sites (tertiary alicyclic amines) is 1. The lowest BCUT2D eigenvalue weighted by Gasteiger charge is -2.31. The molecule has 4 heteroatoms. The number of aromatic amines is 1. The summed E-state index contributed by atoms with van der Waals surface area (Å²) in [5.74, 6) is 1.02. The summed E-state index contributed by atoms with van der Waals surface area (Å²) < 4.78 is 0. The third-order valence-corrected chi connectivity index (χ3v) is 3.09. The first-order chi connectivity index (χ1) is 7.88. The first kappa shape index (κ1) is 11.4. The molecule has 2 rings (SSSR count). The summed E-state index contributed by atoms with van der Waals surface area (Å²) in [5, 5.41) is 3.54. The molecule has 0 amide bonds. The lowest BCUT2D eigenvalue weighted by atomic mass is 10.1. The zero-order valence-electron chi connectivity index (χ0n) is 9.65. The molecule has 1 aromatic rings. The highest BCUT2D eigenvalue weighted by Crippen LogP contribution is 2.10. The first-order valence-electron chi connectivity index (χ1n) is 5.93. The van der Waals surface area contributed by atoms with E-state index in [9.17, 15) is 0 Å². The van der Waals surface area contributed by atoms with E-state index in [1.807, 2.05) is 12.3 Å². The molecule has 0 radical (unpaired) electrons. The van der Waals surface area contributed by atoms with Crippen molar-refractivity contribution in [2.45, 2.75) is 25.4 Å². The average molecular weight is 220 g/mol. The smallest absolute Gasteiger partial charge is 0.120 e. The largest absolute Gasteiger partial charge is 0.348 e. The van der Waals surface area contributed by atoms with Crippen molar-refractivity contribution in [3.05, 3.63) is 30.9 Å². The van der Waals surface area contributed by atoms with E-state index < -0.39 is 0 Å². The number of piperidine rings is 1. The third-order valence-electron chi connectivity index (χ3n) is 3.09. The topological polar surface area (TPSA) is 44.0 Å². The minimum absolute atomic E-state index is 0.631. The van der Waals surface area contributed by atoms with Crippen molar-refractivity contribution in [1.82, 2.24) is 20.2 Å². The van der Waals surface area contributed by atoms with E-state index in [0.29, 0.717) is 6.04 Å². The van der Waals surface area contributed by atoms with Crippen LogP contribution >= 0.6 is 0 Å². The van der Waals surface area contributed by atoms with Crippen molar-refractivity contribution in [1.29, 1.82) is 0 Å². The Kier molecular flexibility index (Phi) is 4.13. The molecule has 0 saturated carbocycles. The zero-order chi connectivity index (χ0) is 11.2. The van der Waals surface area contributed by atoms with Crippen molar-refractivity contribution in [2.24, 2.45) is 0 Å². The predicted octanol–water partition coefficient (Wildman–Crippen LogP) is 1.15. The molecule has 0 bridgehead atoms. The van der Waals surface area contributed by atoms with E-state index in [1.165, 1.54) is 25.9 Å². The molecule has 1 aliphatic heterocycles. The van der Waals surface area contributed by atoms with E-state index >= 15 is 0 Å². The molecule has 1 fully saturated rings. The molecular formula is C12H20N4. The highest BCUT2D eigenvalue weighted by atomic mass is 15.1. The molecular weight excluding hydrogens is 200 g/mol. The van der Waals surface area contributed by atoms with Gasteiger partial charge in [0.2, 0.25) is 0 Å². The molecule has 88 valence electrons. The maximum Gasteiger partial charge on any atom is 0.120 e. The Morgan fingerprint density at radius 2 is 2.38 bits per heavy atom. The monoisotopic (exact) mass is 220 g/mol. The molecule has 0 spiro atoms. The predicted molar refractivity (Wildman–Crippen MR) is 65.1 cm³/mol. The van der Waals surface area contributed by atoms with Crippen molar-refractivity contribution in [3.63, 3.8) is 0 Å². The molecule has 0 unspecified atom stereocenters. The Hall–Kier alpha value is -1.13. The van der Waals surface area contributed by atoms with Crippen LogP contribution in [-0.4, -0.2) is 40.5 Å². The molecule has 2 heterocycles. The van der Waals surface area contributed by atoms with Gasteiger partial charge in [0.1, 0.15) is 5.82 Å². The summed E-state index contributed by atoms with van der Waals surface area (Å²) in [6.07, 6.45) is 8.08. The summed E-state index contributed by atoms with van der Waals surface area (Å²) in [7, 11) is 0. The van der Waals surface area contributed by atoms with Gasteiger partial charge < -0.3 is 10.3 Å². The van der Waals surface area contributed by atoms with Crippen LogP contribution in [0, 0.1) is 0 Å². The number of hydrogen-bond acceptors (Lipinski definition) is 3. The molecule has 2 N–H and O–H groups in total. The van der Waals surface area contributed by atoms with Gasteiger partial charge in [0, 0.05) is 25.0 Å². The Morgan fingerprint density at radius 3 is 3.00 bits per heavy atom. The summed E-state index contributed by atoms with van der Waals surface area (Å²) in [4.78, 5) is 9.75. The van der Waals surface area contributed by atoms with Gasteiger partial charge in [-0.3, -0.25) is 4.90 Å². The van der Waals surface area contributed by atoms with Crippen molar-refractivity contribution >= 4 is 0 Å². The second-order valence-electron chi connectivity index (χ2n) is 4.28. The fraction of sp³-hybridized carbons (Fsp3) is 0.583. The van der Waals surface area contributed by atoms with Crippen LogP contribution in [-0.2, 0) is 6.54 Å². The number of H-pyrrole nitrogens is 1. The quantitative estimate of drug-likeness (QED) is 0.732. The fourth-order valence-electron chi connectivity index (χ4n) is 2.14. The van der Waals surface area contributed by atoms with Crippen molar-refractivity contribution in [2.75, 3.05) is 19.6 Å². The standard InChI is InChI=1S/C12H20N4/c1-2-7-16-8-3-11(4-9-16)15-10-12-13-5-6-14-12/h2,5-6,11,15H,1,3-4,7-10H2,(H,13,14). The molecule has 0 aromatic carbocycles. The van der Waals surface area contributed by atoms with Crippen LogP contribution in [0.1, 0.15) is 18.7 Å². The van der Waals surface area contributed by atoms with Gasteiger partial charge in [-0.2, -0.15) is 0 Å². The summed E-state index contributed by atoms with van der Waals surface area (Å²) in [6.45, 7) is 7.98. The van der Waals surface area contributed by atoms with Gasteiger partial charge >= 0.3 is 0 Å². The van der Waals surface area contributed by atoms with E-state index in [1.54, 1.807) is 6.20 Å². The van der Waals surface area contributed by atoms with Crippen LogP contribution < -0.4 is 5.32 Å². The number of nitrogens with zero attached hydrogens (tertiary/aromatic N) is 2. The normalized spacial score (nSPS) is 18.8. The van der Waals surface area contributed by atoms with Gasteiger partial charge in [-0.15, -0.1) is 6.58 Å². The Bertz CT molecular complexity index is 299. The van der Waals surface area contributed by atoms with Crippen LogP contribution in [0.15, 0.2) is 25.0 Å². The maximum atomic E-state index is 4.20. The van der Waals surface area contributed by atoms with Gasteiger partial charge in [-0.25, -0.2) is 4.98 Å². The minimum Gasteiger partial charge on any atom is -0.348 e. The Labute approximate surface area is 96.8 Å². The first-order valence-corrected chi connectivity index (χ1v) is 5.93. The number of hydrogen-bond donors (Lipinski definition) is 2. The van der Waals surface area contributed by atoms with Crippen LogP contribution in [0.2, 0.25) is 0 Å². The second kappa shape index (κ2) is 5.82. The van der Waals surface area contributed by atoms with Crippen LogP contribution in [0.25, 0.3) is 0 Å². The van der Waals surface area contributed by atoms with Gasteiger partial charge in [0.25, 0.3) is 0 Å². The molecule has 0 aliphatic carbocycles. The van der Waals surface area contributed by atoms with Crippen LogP contribution in [0.3, 0.4) is 0 Å². The van der Waals surface area contributed by atoms with Gasteiger partial charge in [0.05, 0.1) is 6.54 Å². The molecule has 0 atom stereocenters. The average Bonchev–Trinajstić information content (AvgIpc) is 2.82. The van der Waals surface area contributed by atoms with Gasteiger partial charge in [-0.05, 0) is 25.9 Å². The Morgan fingerprint density at radius 1 is 1.56 bits per heavy atom. The third kappa shape index (κ3) is 3.18. The number of rotatable bonds is 5. The van der Waals surface area contributed by atoms with Crippen molar-refractivity contribution in [3.8, 4) is 0 Å². The highest BCUT2D eigenvalue weighted by molar-refractivity contribution is 4.88. The number of aromatic nitrogens is 2. The Balaban J connectivity index is 1.67. The molecule has 1 aromatic heterocycles. The summed E-state index contributed by atoms with van der Waals surface area (Å²) in [5.41, 5.74) is 0. The SMILES string of the molecule is C=CCN1CCC(NCc2ncc[nH]2)CC1. The summed E-state index contributed by atoms with van der Waals surface area (Å²) in [6, 6.07) is 0.631. The van der Waals surface area contributed by atoms with Crippen LogP contribution in [0.4, 0.5) is 0 Å². The summed E-state index contributed by atoms with van der Waals surface area (Å²) >= 11 is 0. The lowest BCUT2D eigenvalue weighted by molar-refractivity contribution is 0.214.